The SMILES string of the molecule is N#CC1=C(N)Oc2n[nH]c(-c3cccs3)c2[C@@H]1c1ccc(-c2ccc(Br)cc2)o1. The Hall–Kier alpha value is -3.28. The van der Waals surface area contributed by atoms with Gasteiger partial charge in [-0.1, -0.05) is 34.1 Å². The summed E-state index contributed by atoms with van der Waals surface area (Å²) in [5, 5.41) is 19.1. The first kappa shape index (κ1) is 17.8. The summed E-state index contributed by atoms with van der Waals surface area (Å²) in [6.07, 6.45) is 0. The molecule has 0 saturated carbocycles. The van der Waals surface area contributed by atoms with E-state index in [0.717, 1.165) is 26.2 Å². The maximum Gasteiger partial charge on any atom is 0.244 e. The van der Waals surface area contributed by atoms with Crippen LogP contribution in [0.1, 0.15) is 17.2 Å². The summed E-state index contributed by atoms with van der Waals surface area (Å²) >= 11 is 5.01. The number of ether oxygens (including phenoxy) is 1. The largest absolute Gasteiger partial charge is 0.460 e. The van der Waals surface area contributed by atoms with Crippen molar-refractivity contribution in [3.63, 3.8) is 0 Å². The molecule has 6 nitrogen and oxygen atoms in total. The van der Waals surface area contributed by atoms with Gasteiger partial charge in [-0.15, -0.1) is 16.4 Å². The normalized spacial score (nSPS) is 15.7. The van der Waals surface area contributed by atoms with Crippen LogP contribution in [0.2, 0.25) is 0 Å². The Bertz CT molecular complexity index is 1260. The first-order chi connectivity index (χ1) is 14.2. The Balaban J connectivity index is 1.66. The molecule has 3 aromatic heterocycles. The smallest absolute Gasteiger partial charge is 0.244 e. The Kier molecular flexibility index (Phi) is 4.27. The standard InChI is InChI=1S/C21H13BrN4O2S/c22-12-5-3-11(4-6-12)14-7-8-15(27-14)17-13(10-23)20(24)28-21-18(17)19(25-26-21)16-2-1-9-29-16/h1-9,17H,24H2,(H,25,26)/t17-/m0/s1. The van der Waals surface area contributed by atoms with Crippen LogP contribution in [0.4, 0.5) is 0 Å². The summed E-state index contributed by atoms with van der Waals surface area (Å²) in [6.45, 7) is 0. The average molecular weight is 465 g/mol. The molecule has 5 rings (SSSR count). The molecule has 142 valence electrons. The van der Waals surface area contributed by atoms with Gasteiger partial charge in [-0.3, -0.25) is 5.10 Å². The van der Waals surface area contributed by atoms with E-state index in [2.05, 4.69) is 32.2 Å². The molecule has 0 aliphatic carbocycles. The number of nitrogens with two attached hydrogens (primary N) is 1. The predicted octanol–water partition coefficient (Wildman–Crippen LogP) is 5.38. The molecule has 0 unspecified atom stereocenters. The monoisotopic (exact) mass is 464 g/mol. The Morgan fingerprint density at radius 3 is 2.72 bits per heavy atom. The minimum Gasteiger partial charge on any atom is -0.460 e. The molecule has 0 bridgehead atoms. The summed E-state index contributed by atoms with van der Waals surface area (Å²) in [7, 11) is 0. The summed E-state index contributed by atoms with van der Waals surface area (Å²) in [5.41, 5.74) is 8.81. The number of nitrogens with one attached hydrogen (secondary N) is 1. The maximum atomic E-state index is 9.79. The highest BCUT2D eigenvalue weighted by Crippen LogP contribution is 2.47. The van der Waals surface area contributed by atoms with Gasteiger partial charge in [0, 0.05) is 10.0 Å². The molecule has 4 aromatic rings. The zero-order valence-electron chi connectivity index (χ0n) is 14.8. The van der Waals surface area contributed by atoms with Gasteiger partial charge in [0.25, 0.3) is 0 Å². The van der Waals surface area contributed by atoms with Crippen molar-refractivity contribution in [3.8, 4) is 33.8 Å². The van der Waals surface area contributed by atoms with Crippen molar-refractivity contribution in [2.45, 2.75) is 5.92 Å². The van der Waals surface area contributed by atoms with Crippen LogP contribution in [0.3, 0.4) is 0 Å². The van der Waals surface area contributed by atoms with Crippen molar-refractivity contribution in [2.24, 2.45) is 5.73 Å². The fourth-order valence-corrected chi connectivity index (χ4v) is 4.41. The number of fused-ring (bicyclic) bond motifs is 1. The molecule has 3 N–H and O–H groups in total. The number of halogens is 1. The number of nitrogens with zero attached hydrogens (tertiary/aromatic N) is 2. The van der Waals surface area contributed by atoms with Crippen LogP contribution < -0.4 is 10.5 Å². The number of aromatic nitrogens is 2. The fourth-order valence-electron chi connectivity index (χ4n) is 3.42. The average Bonchev–Trinajstić information content (AvgIpc) is 3.47. The van der Waals surface area contributed by atoms with Gasteiger partial charge >= 0.3 is 0 Å². The van der Waals surface area contributed by atoms with Crippen LogP contribution >= 0.6 is 27.3 Å². The summed E-state index contributed by atoms with van der Waals surface area (Å²) < 4.78 is 12.8. The minimum absolute atomic E-state index is 0.0378. The lowest BCUT2D eigenvalue weighted by Crippen LogP contribution is -2.20. The molecule has 0 spiro atoms. The minimum atomic E-state index is -0.510. The molecule has 1 aliphatic heterocycles. The number of hydrogen-bond donors (Lipinski definition) is 2. The molecule has 1 aromatic carbocycles. The number of hydrogen-bond acceptors (Lipinski definition) is 6. The van der Waals surface area contributed by atoms with E-state index in [4.69, 9.17) is 14.9 Å². The molecule has 0 fully saturated rings. The van der Waals surface area contributed by atoms with E-state index in [1.165, 1.54) is 0 Å². The number of furan rings is 1. The first-order valence-corrected chi connectivity index (χ1v) is 10.4. The third kappa shape index (κ3) is 2.95. The third-order valence-electron chi connectivity index (χ3n) is 4.75. The van der Waals surface area contributed by atoms with E-state index in [9.17, 15) is 5.26 Å². The molecular weight excluding hydrogens is 452 g/mol. The number of aromatic amines is 1. The van der Waals surface area contributed by atoms with Gasteiger partial charge in [-0.25, -0.2) is 0 Å². The Labute approximate surface area is 178 Å². The molecular formula is C21H13BrN4O2S. The quantitative estimate of drug-likeness (QED) is 0.423. The second kappa shape index (κ2) is 6.95. The number of rotatable bonds is 3. The van der Waals surface area contributed by atoms with Crippen molar-refractivity contribution in [2.75, 3.05) is 0 Å². The Morgan fingerprint density at radius 1 is 1.17 bits per heavy atom. The third-order valence-corrected chi connectivity index (χ3v) is 6.16. The van der Waals surface area contributed by atoms with Gasteiger partial charge in [-0.2, -0.15) is 5.26 Å². The molecule has 0 saturated heterocycles. The van der Waals surface area contributed by atoms with Crippen molar-refractivity contribution >= 4 is 27.3 Å². The van der Waals surface area contributed by atoms with E-state index < -0.39 is 5.92 Å². The van der Waals surface area contributed by atoms with Crippen molar-refractivity contribution in [1.29, 1.82) is 5.26 Å². The van der Waals surface area contributed by atoms with E-state index in [-0.39, 0.29) is 5.88 Å². The highest BCUT2D eigenvalue weighted by atomic mass is 79.9. The Morgan fingerprint density at radius 2 is 2.00 bits per heavy atom. The van der Waals surface area contributed by atoms with E-state index in [1.54, 1.807) is 11.3 Å². The molecule has 1 aliphatic rings. The van der Waals surface area contributed by atoms with Gasteiger partial charge in [0.2, 0.25) is 11.8 Å². The highest BCUT2D eigenvalue weighted by Gasteiger charge is 2.37. The molecule has 1 atom stereocenters. The fraction of sp³-hybridized carbons (Fsp3) is 0.0476. The van der Waals surface area contributed by atoms with Crippen LogP contribution in [0.15, 0.2) is 74.3 Å². The molecule has 4 heterocycles. The second-order valence-electron chi connectivity index (χ2n) is 6.43. The molecule has 0 radical (unpaired) electrons. The van der Waals surface area contributed by atoms with Crippen molar-refractivity contribution in [1.82, 2.24) is 10.2 Å². The first-order valence-electron chi connectivity index (χ1n) is 8.71. The molecule has 0 amide bonds. The summed E-state index contributed by atoms with van der Waals surface area (Å²) in [5.74, 6) is 1.19. The topological polar surface area (TPSA) is 101 Å². The molecule has 8 heteroatoms. The number of allylic oxidation sites excluding steroid dienone is 1. The van der Waals surface area contributed by atoms with Gasteiger partial charge in [0.1, 0.15) is 23.2 Å². The lowest BCUT2D eigenvalue weighted by Gasteiger charge is -2.21. The van der Waals surface area contributed by atoms with Crippen LogP contribution in [0.25, 0.3) is 21.9 Å². The van der Waals surface area contributed by atoms with E-state index >= 15 is 0 Å². The summed E-state index contributed by atoms with van der Waals surface area (Å²) in [6, 6.07) is 17.7. The number of thiophene rings is 1. The number of nitriles is 1. The van der Waals surface area contributed by atoms with Crippen LogP contribution in [-0.4, -0.2) is 10.2 Å². The van der Waals surface area contributed by atoms with E-state index in [1.807, 2.05) is 53.9 Å². The second-order valence-corrected chi connectivity index (χ2v) is 8.29. The van der Waals surface area contributed by atoms with Crippen LogP contribution in [0, 0.1) is 11.3 Å². The lowest BCUT2D eigenvalue weighted by atomic mass is 9.87. The van der Waals surface area contributed by atoms with E-state index in [0.29, 0.717) is 23.0 Å². The van der Waals surface area contributed by atoms with Gasteiger partial charge in [-0.05, 0) is 35.7 Å². The lowest BCUT2D eigenvalue weighted by molar-refractivity contribution is 0.372. The van der Waals surface area contributed by atoms with Crippen molar-refractivity contribution in [3.05, 3.63) is 81.2 Å². The van der Waals surface area contributed by atoms with Gasteiger partial charge in [0.05, 0.1) is 22.1 Å². The van der Waals surface area contributed by atoms with Crippen LogP contribution in [-0.2, 0) is 0 Å². The summed E-state index contributed by atoms with van der Waals surface area (Å²) in [4.78, 5) is 0.991. The zero-order valence-corrected chi connectivity index (χ0v) is 17.3. The number of H-pyrrole nitrogens is 1. The number of benzene rings is 1. The molecule has 29 heavy (non-hydrogen) atoms. The maximum absolute atomic E-state index is 9.79. The van der Waals surface area contributed by atoms with Crippen LogP contribution in [0.5, 0.6) is 5.88 Å². The highest BCUT2D eigenvalue weighted by molar-refractivity contribution is 9.10. The zero-order chi connectivity index (χ0) is 20.0. The van der Waals surface area contributed by atoms with Crippen molar-refractivity contribution < 1.29 is 9.15 Å². The predicted molar refractivity (Wildman–Crippen MR) is 113 cm³/mol. The van der Waals surface area contributed by atoms with Gasteiger partial charge in [0.15, 0.2) is 0 Å². The van der Waals surface area contributed by atoms with Gasteiger partial charge < -0.3 is 14.9 Å².